The van der Waals surface area contributed by atoms with Crippen LogP contribution in [0.5, 0.6) is 0 Å². The van der Waals surface area contributed by atoms with Crippen molar-refractivity contribution in [2.24, 2.45) is 0 Å². The minimum atomic E-state index is -0.0952. The summed E-state index contributed by atoms with van der Waals surface area (Å²) < 4.78 is 5.45. The Morgan fingerprint density at radius 1 is 1.30 bits per heavy atom. The number of benzene rings is 1. The Morgan fingerprint density at radius 3 is 2.96 bits per heavy atom. The summed E-state index contributed by atoms with van der Waals surface area (Å²) in [7, 11) is 0. The Bertz CT molecular complexity index is 782. The van der Waals surface area contributed by atoms with E-state index in [0.29, 0.717) is 23.7 Å². The van der Waals surface area contributed by atoms with Gasteiger partial charge in [-0.3, -0.25) is 4.79 Å². The summed E-state index contributed by atoms with van der Waals surface area (Å²) >= 11 is 3.23. The first-order valence-corrected chi connectivity index (χ1v) is 9.12. The molecule has 0 bridgehead atoms. The van der Waals surface area contributed by atoms with Gasteiger partial charge in [0.05, 0.1) is 22.7 Å². The van der Waals surface area contributed by atoms with E-state index in [1.807, 2.05) is 41.8 Å². The highest BCUT2D eigenvalue weighted by Crippen LogP contribution is 2.24. The number of carbonyl (C=O) groups excluding carboxylic acids is 1. The van der Waals surface area contributed by atoms with Crippen molar-refractivity contribution in [2.75, 3.05) is 5.75 Å². The second kappa shape index (κ2) is 7.48. The van der Waals surface area contributed by atoms with Crippen molar-refractivity contribution in [3.8, 4) is 10.8 Å². The molecule has 0 aliphatic heterocycles. The molecule has 4 nitrogen and oxygen atoms in total. The summed E-state index contributed by atoms with van der Waals surface area (Å²) in [6.45, 7) is 2.42. The number of aromatic nitrogens is 1. The standard InChI is InChI=1S/C17H16N2O2S2/c1-2-22-14-7-4-3-6-13(14)16(20)18-10-12-11-21-17(19-12)15-8-5-9-23-15/h3-9,11H,2,10H2,1H3,(H,18,20). The molecule has 2 heterocycles. The van der Waals surface area contributed by atoms with Gasteiger partial charge in [-0.2, -0.15) is 0 Å². The van der Waals surface area contributed by atoms with Gasteiger partial charge in [0.15, 0.2) is 0 Å². The predicted octanol–water partition coefficient (Wildman–Crippen LogP) is 4.45. The lowest BCUT2D eigenvalue weighted by Gasteiger charge is -2.08. The van der Waals surface area contributed by atoms with Crippen LogP contribution in [-0.4, -0.2) is 16.6 Å². The average molecular weight is 344 g/mol. The first-order chi connectivity index (χ1) is 11.3. The largest absolute Gasteiger partial charge is 0.443 e. The number of rotatable bonds is 6. The molecular weight excluding hydrogens is 328 g/mol. The zero-order valence-corrected chi connectivity index (χ0v) is 14.2. The van der Waals surface area contributed by atoms with Gasteiger partial charge in [-0.1, -0.05) is 25.1 Å². The maximum Gasteiger partial charge on any atom is 0.252 e. The minimum absolute atomic E-state index is 0.0952. The van der Waals surface area contributed by atoms with Crippen LogP contribution in [-0.2, 0) is 6.54 Å². The second-order valence-electron chi connectivity index (χ2n) is 4.73. The third-order valence-electron chi connectivity index (χ3n) is 3.15. The van der Waals surface area contributed by atoms with Crippen molar-refractivity contribution < 1.29 is 9.21 Å². The zero-order valence-electron chi connectivity index (χ0n) is 12.6. The molecule has 0 spiro atoms. The van der Waals surface area contributed by atoms with Gasteiger partial charge in [0.25, 0.3) is 5.91 Å². The molecule has 3 rings (SSSR count). The molecule has 0 unspecified atom stereocenters. The van der Waals surface area contributed by atoms with E-state index in [1.54, 1.807) is 29.4 Å². The summed E-state index contributed by atoms with van der Waals surface area (Å²) in [5.74, 6) is 1.42. The van der Waals surface area contributed by atoms with E-state index in [9.17, 15) is 4.79 Å². The molecule has 1 amide bonds. The highest BCUT2D eigenvalue weighted by Gasteiger charge is 2.12. The molecule has 0 radical (unpaired) electrons. The number of hydrogen-bond donors (Lipinski definition) is 1. The van der Waals surface area contributed by atoms with E-state index in [1.165, 1.54) is 0 Å². The summed E-state index contributed by atoms with van der Waals surface area (Å²) in [5.41, 5.74) is 1.41. The van der Waals surface area contributed by atoms with E-state index >= 15 is 0 Å². The molecule has 3 aromatic rings. The highest BCUT2D eigenvalue weighted by atomic mass is 32.2. The first-order valence-electron chi connectivity index (χ1n) is 7.26. The van der Waals surface area contributed by atoms with E-state index in [4.69, 9.17) is 4.42 Å². The summed E-state index contributed by atoms with van der Waals surface area (Å²) in [6, 6.07) is 11.5. The predicted molar refractivity (Wildman–Crippen MR) is 93.8 cm³/mol. The molecule has 0 saturated carbocycles. The quantitative estimate of drug-likeness (QED) is 0.672. The Labute approximate surface area is 142 Å². The van der Waals surface area contributed by atoms with Crippen LogP contribution in [0, 0.1) is 0 Å². The van der Waals surface area contributed by atoms with Gasteiger partial charge in [0.2, 0.25) is 5.89 Å². The van der Waals surface area contributed by atoms with Crippen molar-refractivity contribution in [1.29, 1.82) is 0 Å². The molecule has 1 aromatic carbocycles. The van der Waals surface area contributed by atoms with Crippen molar-refractivity contribution >= 4 is 29.0 Å². The van der Waals surface area contributed by atoms with Crippen LogP contribution in [0.1, 0.15) is 23.0 Å². The number of carbonyl (C=O) groups is 1. The van der Waals surface area contributed by atoms with Crippen LogP contribution in [0.4, 0.5) is 0 Å². The SMILES string of the molecule is CCSc1ccccc1C(=O)NCc1coc(-c2cccs2)n1. The van der Waals surface area contributed by atoms with Crippen molar-refractivity contribution in [1.82, 2.24) is 10.3 Å². The Balaban J connectivity index is 1.65. The van der Waals surface area contributed by atoms with Crippen LogP contribution in [0.2, 0.25) is 0 Å². The molecular formula is C17H16N2O2S2. The van der Waals surface area contributed by atoms with Gasteiger partial charge in [-0.15, -0.1) is 23.1 Å². The highest BCUT2D eigenvalue weighted by molar-refractivity contribution is 7.99. The van der Waals surface area contributed by atoms with Gasteiger partial charge in [-0.05, 0) is 29.3 Å². The molecule has 1 N–H and O–H groups in total. The molecule has 0 saturated heterocycles. The number of thioether (sulfide) groups is 1. The van der Waals surface area contributed by atoms with E-state index in [0.717, 1.165) is 15.5 Å². The van der Waals surface area contributed by atoms with Gasteiger partial charge in [0, 0.05) is 4.90 Å². The monoisotopic (exact) mass is 344 g/mol. The van der Waals surface area contributed by atoms with E-state index in [-0.39, 0.29) is 5.91 Å². The summed E-state index contributed by atoms with van der Waals surface area (Å²) in [4.78, 5) is 18.7. The fourth-order valence-corrected chi connectivity index (χ4v) is 3.56. The number of nitrogens with zero attached hydrogens (tertiary/aromatic N) is 1. The third kappa shape index (κ3) is 3.83. The lowest BCUT2D eigenvalue weighted by Crippen LogP contribution is -2.23. The molecule has 23 heavy (non-hydrogen) atoms. The van der Waals surface area contributed by atoms with Crippen LogP contribution in [0.3, 0.4) is 0 Å². The van der Waals surface area contributed by atoms with E-state index in [2.05, 4.69) is 17.2 Å². The summed E-state index contributed by atoms with van der Waals surface area (Å²) in [6.07, 6.45) is 1.59. The Morgan fingerprint density at radius 2 is 2.17 bits per heavy atom. The normalized spacial score (nSPS) is 10.7. The smallest absolute Gasteiger partial charge is 0.252 e. The van der Waals surface area contributed by atoms with Crippen LogP contribution >= 0.6 is 23.1 Å². The van der Waals surface area contributed by atoms with E-state index < -0.39 is 0 Å². The molecule has 118 valence electrons. The van der Waals surface area contributed by atoms with Crippen molar-refractivity contribution in [3.63, 3.8) is 0 Å². The van der Waals surface area contributed by atoms with Crippen LogP contribution in [0.25, 0.3) is 10.8 Å². The topological polar surface area (TPSA) is 55.1 Å². The molecule has 0 fully saturated rings. The maximum absolute atomic E-state index is 12.4. The molecule has 2 aromatic heterocycles. The van der Waals surface area contributed by atoms with Crippen molar-refractivity contribution in [2.45, 2.75) is 18.4 Å². The third-order valence-corrected chi connectivity index (χ3v) is 4.96. The van der Waals surface area contributed by atoms with Gasteiger partial charge in [0.1, 0.15) is 6.26 Å². The number of thiophene rings is 1. The lowest BCUT2D eigenvalue weighted by atomic mass is 10.2. The summed E-state index contributed by atoms with van der Waals surface area (Å²) in [5, 5.41) is 4.88. The first kappa shape index (κ1) is 15.8. The number of hydrogen-bond acceptors (Lipinski definition) is 5. The number of nitrogens with one attached hydrogen (secondary N) is 1. The molecule has 0 aliphatic carbocycles. The van der Waals surface area contributed by atoms with Crippen LogP contribution < -0.4 is 5.32 Å². The number of amides is 1. The maximum atomic E-state index is 12.4. The van der Waals surface area contributed by atoms with Gasteiger partial charge < -0.3 is 9.73 Å². The average Bonchev–Trinajstić information content (AvgIpc) is 3.24. The number of oxazole rings is 1. The molecule has 6 heteroatoms. The Hall–Kier alpha value is -2.05. The van der Waals surface area contributed by atoms with Crippen molar-refractivity contribution in [3.05, 3.63) is 59.3 Å². The van der Waals surface area contributed by atoms with Gasteiger partial charge >= 0.3 is 0 Å². The second-order valence-corrected chi connectivity index (χ2v) is 6.99. The molecule has 0 atom stereocenters. The zero-order chi connectivity index (χ0) is 16.1. The minimum Gasteiger partial charge on any atom is -0.443 e. The molecule has 0 aliphatic rings. The Kier molecular flexibility index (Phi) is 5.15. The fourth-order valence-electron chi connectivity index (χ4n) is 2.10. The fraction of sp³-hybridized carbons (Fsp3) is 0.176. The van der Waals surface area contributed by atoms with Gasteiger partial charge in [-0.25, -0.2) is 4.98 Å². The lowest BCUT2D eigenvalue weighted by molar-refractivity contribution is 0.0947. The van der Waals surface area contributed by atoms with Crippen LogP contribution in [0.15, 0.2) is 57.4 Å².